The summed E-state index contributed by atoms with van der Waals surface area (Å²) in [6, 6.07) is -0.622. The van der Waals surface area contributed by atoms with Gasteiger partial charge in [0, 0.05) is 19.6 Å². The number of amides is 1. The van der Waals surface area contributed by atoms with E-state index in [1.165, 1.54) is 11.4 Å². The van der Waals surface area contributed by atoms with Gasteiger partial charge in [-0.2, -0.15) is 4.31 Å². The van der Waals surface area contributed by atoms with Crippen molar-refractivity contribution in [1.82, 2.24) is 9.21 Å². The van der Waals surface area contributed by atoms with E-state index < -0.39 is 16.1 Å². The number of esters is 1. The average Bonchev–Trinajstić information content (AvgIpc) is 3.02. The van der Waals surface area contributed by atoms with E-state index in [2.05, 4.69) is 0 Å². The summed E-state index contributed by atoms with van der Waals surface area (Å²) in [5.74, 6) is -0.818. The molecule has 21 heavy (non-hydrogen) atoms. The molecule has 2 fully saturated rings. The van der Waals surface area contributed by atoms with E-state index in [0.29, 0.717) is 32.5 Å². The van der Waals surface area contributed by atoms with E-state index in [1.54, 1.807) is 4.90 Å². The number of carbonyl (C=O) groups is 2. The molecule has 2 heterocycles. The largest absolute Gasteiger partial charge is 0.469 e. The molecule has 0 aromatic rings. The van der Waals surface area contributed by atoms with Crippen molar-refractivity contribution in [2.24, 2.45) is 11.8 Å². The molecule has 120 valence electrons. The summed E-state index contributed by atoms with van der Waals surface area (Å²) in [4.78, 5) is 25.8. The third kappa shape index (κ3) is 3.21. The number of hydrogen-bond donors (Lipinski definition) is 0. The summed E-state index contributed by atoms with van der Waals surface area (Å²) >= 11 is 0. The number of hydrogen-bond acceptors (Lipinski definition) is 5. The number of nitrogens with zero attached hydrogens (tertiary/aromatic N) is 2. The van der Waals surface area contributed by atoms with Gasteiger partial charge in [0.2, 0.25) is 15.9 Å². The molecule has 0 aliphatic carbocycles. The minimum atomic E-state index is -3.38. The Morgan fingerprint density at radius 3 is 2.48 bits per heavy atom. The molecule has 0 aromatic heterocycles. The molecular weight excluding hydrogens is 296 g/mol. The van der Waals surface area contributed by atoms with Crippen molar-refractivity contribution < 1.29 is 22.7 Å². The Bertz CT molecular complexity index is 533. The van der Waals surface area contributed by atoms with Crippen LogP contribution in [0.4, 0.5) is 0 Å². The molecule has 0 saturated carbocycles. The van der Waals surface area contributed by atoms with Crippen molar-refractivity contribution in [3.05, 3.63) is 0 Å². The molecule has 2 aliphatic rings. The van der Waals surface area contributed by atoms with Gasteiger partial charge in [0.05, 0.1) is 19.3 Å². The van der Waals surface area contributed by atoms with Gasteiger partial charge in [-0.25, -0.2) is 8.42 Å². The van der Waals surface area contributed by atoms with Crippen molar-refractivity contribution in [2.75, 3.05) is 33.0 Å². The maximum atomic E-state index is 12.6. The summed E-state index contributed by atoms with van der Waals surface area (Å²) in [5.41, 5.74) is 0. The monoisotopic (exact) mass is 318 g/mol. The zero-order valence-corrected chi connectivity index (χ0v) is 13.4. The summed E-state index contributed by atoms with van der Waals surface area (Å²) in [7, 11) is -2.04. The highest BCUT2D eigenvalue weighted by molar-refractivity contribution is 7.88. The van der Waals surface area contributed by atoms with Gasteiger partial charge in [0.1, 0.15) is 6.04 Å². The lowest BCUT2D eigenvalue weighted by atomic mass is 9.99. The van der Waals surface area contributed by atoms with Crippen molar-refractivity contribution in [2.45, 2.75) is 25.8 Å². The summed E-state index contributed by atoms with van der Waals surface area (Å²) in [6.45, 7) is 3.06. The molecule has 2 aliphatic heterocycles. The van der Waals surface area contributed by atoms with Crippen LogP contribution in [0.3, 0.4) is 0 Å². The Hall–Kier alpha value is -1.15. The predicted octanol–water partition coefficient (Wildman–Crippen LogP) is -0.322. The number of carbonyl (C=O) groups excluding carboxylic acids is 2. The van der Waals surface area contributed by atoms with Crippen molar-refractivity contribution >= 4 is 21.9 Å². The van der Waals surface area contributed by atoms with Crippen molar-refractivity contribution in [3.63, 3.8) is 0 Å². The van der Waals surface area contributed by atoms with Gasteiger partial charge in [-0.1, -0.05) is 6.92 Å². The van der Waals surface area contributed by atoms with E-state index in [9.17, 15) is 18.0 Å². The fourth-order valence-corrected chi connectivity index (χ4v) is 4.32. The number of rotatable bonds is 3. The van der Waals surface area contributed by atoms with Crippen LogP contribution in [0, 0.1) is 11.8 Å². The van der Waals surface area contributed by atoms with E-state index >= 15 is 0 Å². The van der Waals surface area contributed by atoms with Gasteiger partial charge in [-0.15, -0.1) is 0 Å². The average molecular weight is 318 g/mol. The molecular formula is C13H22N2O5S. The maximum Gasteiger partial charge on any atom is 0.310 e. The number of likely N-dealkylation sites (tertiary alicyclic amines) is 1. The van der Waals surface area contributed by atoms with Gasteiger partial charge in [-0.05, 0) is 18.8 Å². The molecule has 3 unspecified atom stereocenters. The van der Waals surface area contributed by atoms with Crippen LogP contribution in [0.25, 0.3) is 0 Å². The van der Waals surface area contributed by atoms with Crippen molar-refractivity contribution in [3.8, 4) is 0 Å². The fourth-order valence-electron chi connectivity index (χ4n) is 3.20. The molecule has 0 N–H and O–H groups in total. The lowest BCUT2D eigenvalue weighted by molar-refractivity contribution is -0.146. The minimum Gasteiger partial charge on any atom is -0.469 e. The van der Waals surface area contributed by atoms with Crippen LogP contribution in [0.5, 0.6) is 0 Å². The third-order valence-electron chi connectivity index (χ3n) is 4.34. The first-order valence-electron chi connectivity index (χ1n) is 7.09. The van der Waals surface area contributed by atoms with Crippen LogP contribution in [0.2, 0.25) is 0 Å². The second-order valence-corrected chi connectivity index (χ2v) is 7.82. The fraction of sp³-hybridized carbons (Fsp3) is 0.846. The quantitative estimate of drug-likeness (QED) is 0.666. The first kappa shape index (κ1) is 16.2. The van der Waals surface area contributed by atoms with E-state index in [0.717, 1.165) is 6.26 Å². The number of ether oxygens (including phenoxy) is 1. The van der Waals surface area contributed by atoms with Crippen LogP contribution in [0.1, 0.15) is 19.8 Å². The molecule has 0 radical (unpaired) electrons. The molecule has 0 spiro atoms. The van der Waals surface area contributed by atoms with Gasteiger partial charge < -0.3 is 9.64 Å². The van der Waals surface area contributed by atoms with Crippen molar-refractivity contribution in [1.29, 1.82) is 0 Å². The van der Waals surface area contributed by atoms with Crippen LogP contribution < -0.4 is 0 Å². The Morgan fingerprint density at radius 2 is 1.90 bits per heavy atom. The highest BCUT2D eigenvalue weighted by atomic mass is 32.2. The molecule has 7 nitrogen and oxygen atoms in total. The highest BCUT2D eigenvalue weighted by Crippen LogP contribution is 2.28. The van der Waals surface area contributed by atoms with Gasteiger partial charge in [0.25, 0.3) is 0 Å². The smallest absolute Gasteiger partial charge is 0.310 e. The van der Waals surface area contributed by atoms with E-state index in [-0.39, 0.29) is 23.7 Å². The first-order valence-corrected chi connectivity index (χ1v) is 8.94. The lowest BCUT2D eigenvalue weighted by Gasteiger charge is -2.26. The van der Waals surface area contributed by atoms with E-state index in [1.807, 2.05) is 6.92 Å². The lowest BCUT2D eigenvalue weighted by Crippen LogP contribution is -2.47. The zero-order chi connectivity index (χ0) is 15.8. The predicted molar refractivity (Wildman–Crippen MR) is 75.8 cm³/mol. The van der Waals surface area contributed by atoms with Crippen LogP contribution in [-0.2, 0) is 24.3 Å². The minimum absolute atomic E-state index is 0.0227. The second-order valence-electron chi connectivity index (χ2n) is 5.88. The summed E-state index contributed by atoms with van der Waals surface area (Å²) < 4.78 is 29.5. The van der Waals surface area contributed by atoms with Gasteiger partial charge >= 0.3 is 5.97 Å². The Morgan fingerprint density at radius 1 is 1.24 bits per heavy atom. The first-order chi connectivity index (χ1) is 9.75. The van der Waals surface area contributed by atoms with Crippen LogP contribution in [0.15, 0.2) is 0 Å². The maximum absolute atomic E-state index is 12.6. The van der Waals surface area contributed by atoms with Gasteiger partial charge in [-0.3, -0.25) is 9.59 Å². The molecule has 8 heteroatoms. The van der Waals surface area contributed by atoms with E-state index in [4.69, 9.17) is 4.74 Å². The Balaban J connectivity index is 2.09. The Labute approximate surface area is 125 Å². The normalized spacial score (nSPS) is 30.6. The van der Waals surface area contributed by atoms with Gasteiger partial charge in [0.15, 0.2) is 0 Å². The highest BCUT2D eigenvalue weighted by Gasteiger charge is 2.43. The Kier molecular flexibility index (Phi) is 4.57. The summed E-state index contributed by atoms with van der Waals surface area (Å²) in [5, 5.41) is 0. The third-order valence-corrected chi connectivity index (χ3v) is 5.63. The van der Waals surface area contributed by atoms with Crippen LogP contribution >= 0.6 is 0 Å². The molecule has 3 atom stereocenters. The van der Waals surface area contributed by atoms with Crippen LogP contribution in [-0.4, -0.2) is 68.5 Å². The molecule has 2 saturated heterocycles. The topological polar surface area (TPSA) is 84.0 Å². The molecule has 2 rings (SSSR count). The number of sulfonamides is 1. The molecule has 1 amide bonds. The zero-order valence-electron chi connectivity index (χ0n) is 12.6. The second kappa shape index (κ2) is 5.92. The summed E-state index contributed by atoms with van der Waals surface area (Å²) in [6.07, 6.45) is 2.36. The standard InChI is InChI=1S/C13H22N2O5S/c1-9-7-14(8-10(9)13(17)20-2)12(16)11-5-4-6-15(11)21(3,18)19/h9-11H,4-8H2,1-3H3. The molecule has 0 bridgehead atoms. The SMILES string of the molecule is COC(=O)C1CN(C(=O)C2CCCN2S(C)(=O)=O)CC1C. The number of methoxy groups -OCH3 is 1. The molecule has 0 aromatic carbocycles.